The van der Waals surface area contributed by atoms with Crippen molar-refractivity contribution in [2.24, 2.45) is 0 Å². The number of nitrogens with one attached hydrogen (secondary N) is 1. The number of nitrogen functional groups attached to an aromatic ring is 1. The molecule has 0 fully saturated rings. The molecule has 0 radical (unpaired) electrons. The van der Waals surface area contributed by atoms with Gasteiger partial charge in [-0.1, -0.05) is 0 Å². The lowest BCUT2D eigenvalue weighted by Crippen LogP contribution is -1.90. The molecule has 0 aliphatic heterocycles. The van der Waals surface area contributed by atoms with Crippen molar-refractivity contribution < 1.29 is 5.11 Å². The first-order chi connectivity index (χ1) is 8.24. The highest BCUT2D eigenvalue weighted by Gasteiger charge is 2.06. The van der Waals surface area contributed by atoms with Gasteiger partial charge < -0.3 is 15.8 Å². The molecule has 2 heterocycles. The summed E-state index contributed by atoms with van der Waals surface area (Å²) in [5, 5.41) is 10.0. The predicted octanol–water partition coefficient (Wildman–Crippen LogP) is 1.91. The number of fused-ring (bicyclic) bond motifs is 1. The van der Waals surface area contributed by atoms with E-state index < -0.39 is 0 Å². The number of anilines is 1. The van der Waals surface area contributed by atoms with Crippen molar-refractivity contribution in [2.45, 2.75) is 0 Å². The predicted molar refractivity (Wildman–Crippen MR) is 65.4 cm³/mol. The van der Waals surface area contributed by atoms with Crippen molar-refractivity contribution in [3.05, 3.63) is 36.7 Å². The Balaban J connectivity index is 2.18. The van der Waals surface area contributed by atoms with E-state index in [0.29, 0.717) is 11.5 Å². The minimum absolute atomic E-state index is 0.240. The molecule has 0 atom stereocenters. The van der Waals surface area contributed by atoms with Gasteiger partial charge in [0.15, 0.2) is 0 Å². The van der Waals surface area contributed by atoms with Crippen LogP contribution >= 0.6 is 0 Å². The quantitative estimate of drug-likeness (QED) is 0.591. The molecular weight excluding hydrogens is 216 g/mol. The van der Waals surface area contributed by atoms with E-state index in [4.69, 9.17) is 5.73 Å². The molecule has 5 heteroatoms. The molecule has 2 aromatic heterocycles. The van der Waals surface area contributed by atoms with Crippen molar-refractivity contribution in [3.8, 4) is 17.0 Å². The van der Waals surface area contributed by atoms with E-state index in [2.05, 4.69) is 15.0 Å². The van der Waals surface area contributed by atoms with E-state index in [1.165, 1.54) is 6.33 Å². The second-order valence-corrected chi connectivity index (χ2v) is 3.75. The molecule has 4 N–H and O–H groups in total. The molecule has 1 aromatic carbocycles. The maximum Gasteiger partial charge on any atom is 0.143 e. The molecule has 5 nitrogen and oxygen atoms in total. The third-order valence-corrected chi connectivity index (χ3v) is 2.63. The molecule has 17 heavy (non-hydrogen) atoms. The van der Waals surface area contributed by atoms with Crippen molar-refractivity contribution in [1.82, 2.24) is 15.0 Å². The summed E-state index contributed by atoms with van der Waals surface area (Å²) in [5.74, 6) is 0.695. The number of H-pyrrole nitrogens is 1. The van der Waals surface area contributed by atoms with E-state index in [9.17, 15) is 5.11 Å². The van der Waals surface area contributed by atoms with Crippen molar-refractivity contribution >= 4 is 16.9 Å². The van der Waals surface area contributed by atoms with E-state index in [1.54, 1.807) is 12.1 Å². The zero-order valence-electron chi connectivity index (χ0n) is 8.88. The molecule has 0 unspecified atom stereocenters. The molecule has 0 saturated heterocycles. The van der Waals surface area contributed by atoms with Gasteiger partial charge in [-0.25, -0.2) is 9.97 Å². The number of hydrogen-bond acceptors (Lipinski definition) is 4. The van der Waals surface area contributed by atoms with E-state index in [-0.39, 0.29) is 5.75 Å². The van der Waals surface area contributed by atoms with Crippen LogP contribution < -0.4 is 5.73 Å². The van der Waals surface area contributed by atoms with Crippen LogP contribution in [-0.2, 0) is 0 Å². The maximum absolute atomic E-state index is 9.23. The largest absolute Gasteiger partial charge is 0.508 e. The molecule has 0 saturated carbocycles. The molecule has 0 bridgehead atoms. The number of benzene rings is 1. The smallest absolute Gasteiger partial charge is 0.143 e. The number of nitrogens with zero attached hydrogens (tertiary/aromatic N) is 2. The molecule has 0 aliphatic rings. The number of aromatic hydroxyl groups is 1. The van der Waals surface area contributed by atoms with Gasteiger partial charge in [0.1, 0.15) is 23.5 Å². The Bertz CT molecular complexity index is 673. The summed E-state index contributed by atoms with van der Waals surface area (Å²) >= 11 is 0. The van der Waals surface area contributed by atoms with Crippen LogP contribution in [0.15, 0.2) is 36.7 Å². The molecule has 84 valence electrons. The maximum atomic E-state index is 9.23. The van der Waals surface area contributed by atoms with Gasteiger partial charge >= 0.3 is 0 Å². The van der Waals surface area contributed by atoms with Crippen LogP contribution in [0.1, 0.15) is 0 Å². The lowest BCUT2D eigenvalue weighted by Gasteiger charge is -1.97. The summed E-state index contributed by atoms with van der Waals surface area (Å²) in [6.45, 7) is 0. The Morgan fingerprint density at radius 3 is 2.59 bits per heavy atom. The van der Waals surface area contributed by atoms with Gasteiger partial charge in [-0.05, 0) is 35.9 Å². The van der Waals surface area contributed by atoms with Gasteiger partial charge in [0.2, 0.25) is 0 Å². The lowest BCUT2D eigenvalue weighted by atomic mass is 10.1. The molecular formula is C12H10N4O. The van der Waals surface area contributed by atoms with Crippen LogP contribution in [-0.4, -0.2) is 20.1 Å². The monoisotopic (exact) mass is 226 g/mol. The number of rotatable bonds is 1. The summed E-state index contributed by atoms with van der Waals surface area (Å²) in [7, 11) is 0. The minimum atomic E-state index is 0.240. The van der Waals surface area contributed by atoms with E-state index >= 15 is 0 Å². The van der Waals surface area contributed by atoms with Gasteiger partial charge in [0.05, 0.1) is 5.39 Å². The second kappa shape index (κ2) is 3.48. The first-order valence-electron chi connectivity index (χ1n) is 5.12. The molecule has 0 spiro atoms. The first kappa shape index (κ1) is 9.65. The van der Waals surface area contributed by atoms with Gasteiger partial charge in [0.25, 0.3) is 0 Å². The fourth-order valence-corrected chi connectivity index (χ4v) is 1.76. The van der Waals surface area contributed by atoms with E-state index in [0.717, 1.165) is 16.6 Å². The Morgan fingerprint density at radius 2 is 1.88 bits per heavy atom. The fourth-order valence-electron chi connectivity index (χ4n) is 1.76. The summed E-state index contributed by atoms with van der Waals surface area (Å²) in [5.41, 5.74) is 8.32. The zero-order chi connectivity index (χ0) is 11.8. The Hall–Kier alpha value is -2.56. The average Bonchev–Trinajstić information content (AvgIpc) is 2.75. The van der Waals surface area contributed by atoms with Gasteiger partial charge in [-0.3, -0.25) is 0 Å². The number of aromatic amines is 1. The lowest BCUT2D eigenvalue weighted by molar-refractivity contribution is 0.475. The van der Waals surface area contributed by atoms with Crippen LogP contribution in [0.25, 0.3) is 22.3 Å². The Morgan fingerprint density at radius 1 is 1.12 bits per heavy atom. The number of phenols is 1. The highest BCUT2D eigenvalue weighted by atomic mass is 16.3. The summed E-state index contributed by atoms with van der Waals surface area (Å²) in [4.78, 5) is 11.2. The van der Waals surface area contributed by atoms with Crippen LogP contribution in [0.4, 0.5) is 5.82 Å². The normalized spacial score (nSPS) is 10.8. The Kier molecular flexibility index (Phi) is 1.98. The highest BCUT2D eigenvalue weighted by molar-refractivity contribution is 5.90. The van der Waals surface area contributed by atoms with Crippen LogP contribution in [0.3, 0.4) is 0 Å². The van der Waals surface area contributed by atoms with Gasteiger partial charge in [0, 0.05) is 5.69 Å². The van der Waals surface area contributed by atoms with Crippen LogP contribution in [0.5, 0.6) is 5.75 Å². The third-order valence-electron chi connectivity index (χ3n) is 2.63. The van der Waals surface area contributed by atoms with Gasteiger partial charge in [-0.15, -0.1) is 0 Å². The van der Waals surface area contributed by atoms with E-state index in [1.807, 2.05) is 18.2 Å². The number of phenolic OH excluding ortho intramolecular Hbond substituents is 1. The SMILES string of the molecule is Nc1ncnc2[nH]c(-c3ccc(O)cc3)cc12. The molecule has 3 aromatic rings. The first-order valence-corrected chi connectivity index (χ1v) is 5.12. The standard InChI is InChI=1S/C12H10N4O/c13-11-9-5-10(16-12(9)15-6-14-11)7-1-3-8(17)4-2-7/h1-6,17H,(H3,13,14,15,16). The molecule has 0 amide bonds. The third kappa shape index (κ3) is 1.57. The number of aromatic nitrogens is 3. The topological polar surface area (TPSA) is 87.8 Å². The summed E-state index contributed by atoms with van der Waals surface area (Å²) in [6, 6.07) is 8.82. The minimum Gasteiger partial charge on any atom is -0.508 e. The van der Waals surface area contributed by atoms with Crippen LogP contribution in [0.2, 0.25) is 0 Å². The second-order valence-electron chi connectivity index (χ2n) is 3.75. The molecule has 0 aliphatic carbocycles. The van der Waals surface area contributed by atoms with Gasteiger partial charge in [-0.2, -0.15) is 0 Å². The number of nitrogens with two attached hydrogens (primary N) is 1. The average molecular weight is 226 g/mol. The zero-order valence-corrected chi connectivity index (χ0v) is 8.88. The van der Waals surface area contributed by atoms with Crippen molar-refractivity contribution in [2.75, 3.05) is 5.73 Å². The van der Waals surface area contributed by atoms with Crippen molar-refractivity contribution in [3.63, 3.8) is 0 Å². The summed E-state index contributed by atoms with van der Waals surface area (Å²) in [6.07, 6.45) is 1.43. The van der Waals surface area contributed by atoms with Crippen LogP contribution in [0, 0.1) is 0 Å². The van der Waals surface area contributed by atoms with Crippen molar-refractivity contribution in [1.29, 1.82) is 0 Å². The highest BCUT2D eigenvalue weighted by Crippen LogP contribution is 2.26. The number of hydrogen-bond donors (Lipinski definition) is 3. The summed E-state index contributed by atoms with van der Waals surface area (Å²) < 4.78 is 0. The molecule has 3 rings (SSSR count). The Labute approximate surface area is 97.0 Å². The fraction of sp³-hybridized carbons (Fsp3) is 0.